The monoisotopic (exact) mass is 239 g/mol. The summed E-state index contributed by atoms with van der Waals surface area (Å²) in [6.45, 7) is 13.7. The molecule has 0 fully saturated rings. The third-order valence-corrected chi connectivity index (χ3v) is 3.47. The molecule has 17 heavy (non-hydrogen) atoms. The molecule has 0 bridgehead atoms. The van der Waals surface area contributed by atoms with E-state index < -0.39 is 0 Å². The minimum atomic E-state index is 0.255. The summed E-state index contributed by atoms with van der Waals surface area (Å²) in [6, 6.07) is 0. The molecule has 0 rings (SSSR count). The zero-order chi connectivity index (χ0) is 13.5. The first-order valence-corrected chi connectivity index (χ1v) is 7.02. The Morgan fingerprint density at radius 2 is 1.76 bits per heavy atom. The predicted octanol–water partition coefficient (Wildman–Crippen LogP) is 3.34. The maximum atomic E-state index is 2.46. The molecule has 0 heterocycles. The quantitative estimate of drug-likeness (QED) is 0.450. The van der Waals surface area contributed by atoms with Gasteiger partial charge in [0.25, 0.3) is 0 Å². The Balaban J connectivity index is 4.04. The van der Waals surface area contributed by atoms with Crippen molar-refractivity contribution in [3.05, 3.63) is 0 Å². The Morgan fingerprint density at radius 1 is 1.18 bits per heavy atom. The predicted molar refractivity (Wildman–Crippen MR) is 79.9 cm³/mol. The second kappa shape index (κ2) is 8.15. The number of hydrogen-bond donors (Lipinski definition) is 0. The number of rotatable bonds is 9. The molecule has 0 aliphatic rings. The largest absolute Gasteiger partial charge is 0.294 e. The van der Waals surface area contributed by atoms with Crippen molar-refractivity contribution in [2.24, 2.45) is 0 Å². The van der Waals surface area contributed by atoms with E-state index in [4.69, 9.17) is 0 Å². The van der Waals surface area contributed by atoms with E-state index in [1.165, 1.54) is 19.4 Å². The van der Waals surface area contributed by atoms with Crippen LogP contribution in [0.3, 0.4) is 0 Å². The van der Waals surface area contributed by atoms with Crippen LogP contribution in [0.4, 0.5) is 0 Å². The fourth-order valence-electron chi connectivity index (χ4n) is 1.73. The summed E-state index contributed by atoms with van der Waals surface area (Å²) in [5.41, 5.74) is 0.255. The number of nitrogens with zero attached hydrogens (tertiary/aromatic N) is 2. The van der Waals surface area contributed by atoms with Crippen LogP contribution in [0.2, 0.25) is 12.1 Å². The van der Waals surface area contributed by atoms with Crippen molar-refractivity contribution in [3.8, 4) is 0 Å². The molecule has 0 unspecified atom stereocenters. The molecule has 0 aliphatic heterocycles. The summed E-state index contributed by atoms with van der Waals surface area (Å²) in [7, 11) is 6.87. The summed E-state index contributed by atoms with van der Waals surface area (Å²) in [4.78, 5) is 4.88. The lowest BCUT2D eigenvalue weighted by atomic mass is 9.59. The van der Waals surface area contributed by atoms with Crippen LogP contribution in [0.1, 0.15) is 47.5 Å². The second-order valence-electron chi connectivity index (χ2n) is 6.27. The van der Waals surface area contributed by atoms with Gasteiger partial charge in [-0.15, -0.1) is 0 Å². The third-order valence-electron chi connectivity index (χ3n) is 3.47. The second-order valence-corrected chi connectivity index (χ2v) is 6.27. The van der Waals surface area contributed by atoms with Crippen molar-refractivity contribution in [1.82, 2.24) is 9.80 Å². The van der Waals surface area contributed by atoms with Crippen LogP contribution < -0.4 is 0 Å². The van der Waals surface area contributed by atoms with E-state index in [-0.39, 0.29) is 5.54 Å². The van der Waals surface area contributed by atoms with Gasteiger partial charge >= 0.3 is 0 Å². The minimum Gasteiger partial charge on any atom is -0.294 e. The molecule has 101 valence electrons. The molecule has 0 aromatic carbocycles. The number of unbranched alkanes of at least 4 members (excludes halogenated alkanes) is 1. The first kappa shape index (κ1) is 17.0. The SMILES string of the molecule is CCCCN(C)CN(C)C(C)(C)C[B]C(C)C. The van der Waals surface area contributed by atoms with E-state index in [0.717, 1.165) is 13.0 Å². The molecule has 0 aliphatic carbocycles. The topological polar surface area (TPSA) is 6.48 Å². The van der Waals surface area contributed by atoms with Crippen LogP contribution >= 0.6 is 0 Å². The van der Waals surface area contributed by atoms with E-state index in [2.05, 4.69) is 65.8 Å². The van der Waals surface area contributed by atoms with E-state index >= 15 is 0 Å². The van der Waals surface area contributed by atoms with Gasteiger partial charge in [0.15, 0.2) is 0 Å². The Kier molecular flexibility index (Phi) is 8.14. The van der Waals surface area contributed by atoms with Gasteiger partial charge in [-0.05, 0) is 40.9 Å². The molecule has 0 amide bonds. The molecular weight excluding hydrogens is 207 g/mol. The molecule has 0 aromatic rings. The van der Waals surface area contributed by atoms with E-state index in [9.17, 15) is 0 Å². The van der Waals surface area contributed by atoms with Gasteiger partial charge < -0.3 is 0 Å². The molecule has 0 spiro atoms. The molecule has 2 nitrogen and oxygen atoms in total. The normalized spacial score (nSPS) is 12.8. The number of hydrogen-bond acceptors (Lipinski definition) is 2. The fraction of sp³-hybridized carbons (Fsp3) is 1.00. The smallest absolute Gasteiger partial charge is 0.115 e. The lowest BCUT2D eigenvalue weighted by molar-refractivity contribution is 0.0965. The van der Waals surface area contributed by atoms with Gasteiger partial charge in [-0.25, -0.2) is 0 Å². The molecule has 1 radical (unpaired) electrons. The highest BCUT2D eigenvalue weighted by molar-refractivity contribution is 6.37. The Morgan fingerprint density at radius 3 is 2.24 bits per heavy atom. The van der Waals surface area contributed by atoms with Crippen molar-refractivity contribution >= 4 is 7.28 Å². The standard InChI is InChI=1S/C14H32BN2/c1-8-9-10-16(6)12-17(7)14(4,5)11-15-13(2)3/h13H,8-12H2,1-7H3. The maximum absolute atomic E-state index is 2.46. The molecular formula is C14H32BN2. The Labute approximate surface area is 110 Å². The zero-order valence-electron chi connectivity index (χ0n) is 13.1. The van der Waals surface area contributed by atoms with Crippen molar-refractivity contribution in [2.45, 2.75) is 65.1 Å². The van der Waals surface area contributed by atoms with Gasteiger partial charge in [-0.1, -0.05) is 39.3 Å². The molecule has 3 heteroatoms. The molecule has 0 saturated carbocycles. The van der Waals surface area contributed by atoms with Crippen molar-refractivity contribution in [1.29, 1.82) is 0 Å². The summed E-state index contributed by atoms with van der Waals surface area (Å²) in [6.07, 6.45) is 3.73. The van der Waals surface area contributed by atoms with E-state index in [1.54, 1.807) is 0 Å². The highest BCUT2D eigenvalue weighted by Crippen LogP contribution is 2.20. The maximum Gasteiger partial charge on any atom is 0.115 e. The average Bonchev–Trinajstić information content (AvgIpc) is 2.23. The van der Waals surface area contributed by atoms with Gasteiger partial charge in [0.05, 0.1) is 6.67 Å². The van der Waals surface area contributed by atoms with Gasteiger partial charge in [-0.2, -0.15) is 0 Å². The van der Waals surface area contributed by atoms with Crippen LogP contribution in [0.5, 0.6) is 0 Å². The first-order chi connectivity index (χ1) is 7.79. The van der Waals surface area contributed by atoms with Crippen molar-refractivity contribution in [2.75, 3.05) is 27.3 Å². The highest BCUT2D eigenvalue weighted by atomic mass is 15.3. The zero-order valence-corrected chi connectivity index (χ0v) is 13.1. The van der Waals surface area contributed by atoms with Gasteiger partial charge in [-0.3, -0.25) is 9.80 Å². The highest BCUT2D eigenvalue weighted by Gasteiger charge is 2.24. The van der Waals surface area contributed by atoms with Gasteiger partial charge in [0.1, 0.15) is 7.28 Å². The third kappa shape index (κ3) is 7.83. The fourth-order valence-corrected chi connectivity index (χ4v) is 1.73. The van der Waals surface area contributed by atoms with E-state index in [1.807, 2.05) is 0 Å². The lowest BCUT2D eigenvalue weighted by Gasteiger charge is -2.38. The van der Waals surface area contributed by atoms with Crippen molar-refractivity contribution < 1.29 is 0 Å². The minimum absolute atomic E-state index is 0.255. The van der Waals surface area contributed by atoms with Crippen LogP contribution in [0, 0.1) is 0 Å². The van der Waals surface area contributed by atoms with Crippen molar-refractivity contribution in [3.63, 3.8) is 0 Å². The Hall–Kier alpha value is -0.0151. The van der Waals surface area contributed by atoms with Gasteiger partial charge in [0, 0.05) is 5.54 Å². The Bertz CT molecular complexity index is 193. The van der Waals surface area contributed by atoms with Crippen LogP contribution in [0.25, 0.3) is 0 Å². The van der Waals surface area contributed by atoms with Crippen LogP contribution in [-0.2, 0) is 0 Å². The van der Waals surface area contributed by atoms with Crippen LogP contribution in [-0.4, -0.2) is 49.9 Å². The molecule has 0 aromatic heterocycles. The summed E-state index contributed by atoms with van der Waals surface area (Å²) in [5.74, 6) is 0.681. The van der Waals surface area contributed by atoms with E-state index in [0.29, 0.717) is 5.82 Å². The summed E-state index contributed by atoms with van der Waals surface area (Å²) < 4.78 is 0. The molecule has 0 N–H and O–H groups in total. The first-order valence-electron chi connectivity index (χ1n) is 7.02. The van der Waals surface area contributed by atoms with Gasteiger partial charge in [0.2, 0.25) is 0 Å². The summed E-state index contributed by atoms with van der Waals surface area (Å²) >= 11 is 0. The summed E-state index contributed by atoms with van der Waals surface area (Å²) in [5, 5.41) is 0. The van der Waals surface area contributed by atoms with Crippen LogP contribution in [0.15, 0.2) is 0 Å². The average molecular weight is 239 g/mol. The molecule has 0 saturated heterocycles. The molecule has 0 atom stereocenters. The lowest BCUT2D eigenvalue weighted by Crippen LogP contribution is -2.47.